The Morgan fingerprint density at radius 3 is 2.83 bits per heavy atom. The number of nitrogens with zero attached hydrogens (tertiary/aromatic N) is 2. The van der Waals surface area contributed by atoms with Crippen molar-refractivity contribution in [1.29, 1.82) is 0 Å². The first-order valence-electron chi connectivity index (χ1n) is 6.68. The van der Waals surface area contributed by atoms with Gasteiger partial charge >= 0.3 is 0 Å². The van der Waals surface area contributed by atoms with E-state index in [1.165, 1.54) is 17.5 Å². The fourth-order valence-electron chi connectivity index (χ4n) is 2.33. The van der Waals surface area contributed by atoms with Gasteiger partial charge in [0, 0.05) is 18.8 Å². The number of hydrogen-bond acceptors (Lipinski definition) is 1. The van der Waals surface area contributed by atoms with E-state index in [1.807, 2.05) is 0 Å². The van der Waals surface area contributed by atoms with Gasteiger partial charge in [-0.05, 0) is 24.5 Å². The first-order valence-corrected chi connectivity index (χ1v) is 7.21. The van der Waals surface area contributed by atoms with E-state index in [9.17, 15) is 0 Å². The van der Waals surface area contributed by atoms with Gasteiger partial charge in [0.1, 0.15) is 5.82 Å². The van der Waals surface area contributed by atoms with Gasteiger partial charge in [0.25, 0.3) is 0 Å². The first-order chi connectivity index (χ1) is 8.67. The van der Waals surface area contributed by atoms with Gasteiger partial charge in [0.05, 0.1) is 11.0 Å². The molecular weight excluding hydrogens is 244 g/mol. The van der Waals surface area contributed by atoms with Crippen LogP contribution in [0.4, 0.5) is 0 Å². The molecule has 0 spiro atoms. The zero-order valence-electron chi connectivity index (χ0n) is 11.4. The maximum atomic E-state index is 5.89. The molecule has 2 aromatic rings. The van der Waals surface area contributed by atoms with Crippen LogP contribution in [0.1, 0.15) is 31.7 Å². The molecule has 0 aliphatic heterocycles. The van der Waals surface area contributed by atoms with E-state index < -0.39 is 0 Å². The monoisotopic (exact) mass is 264 g/mol. The van der Waals surface area contributed by atoms with Crippen molar-refractivity contribution >= 4 is 22.6 Å². The summed E-state index contributed by atoms with van der Waals surface area (Å²) in [6.07, 6.45) is 2.03. The maximum Gasteiger partial charge on any atom is 0.111 e. The van der Waals surface area contributed by atoms with Gasteiger partial charge in [-0.3, -0.25) is 0 Å². The fourth-order valence-corrected chi connectivity index (χ4v) is 2.50. The maximum absolute atomic E-state index is 5.89. The number of rotatable bonds is 5. The predicted octanol–water partition coefficient (Wildman–Crippen LogP) is 4.17. The van der Waals surface area contributed by atoms with Crippen molar-refractivity contribution in [2.24, 2.45) is 5.92 Å². The van der Waals surface area contributed by atoms with E-state index in [0.29, 0.717) is 11.8 Å². The second-order valence-electron chi connectivity index (χ2n) is 5.03. The molecule has 2 nitrogen and oxygen atoms in total. The molecule has 2 rings (SSSR count). The Balaban J connectivity index is 2.53. The standard InChI is InChI=1S/C15H21ClN2/c1-4-11(2)10-18-14(8-9-16)17-13-7-5-6-12(3)15(13)18/h5-7,11H,4,8-10H2,1-3H3. The second kappa shape index (κ2) is 5.75. The molecule has 0 N–H and O–H groups in total. The molecule has 98 valence electrons. The van der Waals surface area contributed by atoms with E-state index >= 15 is 0 Å². The van der Waals surface area contributed by atoms with Crippen molar-refractivity contribution < 1.29 is 0 Å². The molecule has 1 heterocycles. The molecule has 3 heteroatoms. The smallest absolute Gasteiger partial charge is 0.111 e. The first kappa shape index (κ1) is 13.4. The number of halogens is 1. The molecular formula is C15H21ClN2. The van der Waals surface area contributed by atoms with Gasteiger partial charge in [0.15, 0.2) is 0 Å². The van der Waals surface area contributed by atoms with Crippen molar-refractivity contribution in [1.82, 2.24) is 9.55 Å². The van der Waals surface area contributed by atoms with Crippen LogP contribution in [0.2, 0.25) is 0 Å². The quantitative estimate of drug-likeness (QED) is 0.741. The molecule has 18 heavy (non-hydrogen) atoms. The Hall–Kier alpha value is -1.02. The topological polar surface area (TPSA) is 17.8 Å². The minimum absolute atomic E-state index is 0.628. The normalized spacial score (nSPS) is 13.1. The largest absolute Gasteiger partial charge is 0.327 e. The lowest BCUT2D eigenvalue weighted by molar-refractivity contribution is 0.466. The summed E-state index contributed by atoms with van der Waals surface area (Å²) in [4.78, 5) is 4.73. The molecule has 0 aliphatic rings. The lowest BCUT2D eigenvalue weighted by Crippen LogP contribution is -2.11. The van der Waals surface area contributed by atoms with Crippen LogP contribution >= 0.6 is 11.6 Å². The second-order valence-corrected chi connectivity index (χ2v) is 5.41. The highest BCUT2D eigenvalue weighted by Gasteiger charge is 2.13. The summed E-state index contributed by atoms with van der Waals surface area (Å²) in [5.74, 6) is 2.41. The number of aromatic nitrogens is 2. The van der Waals surface area contributed by atoms with Crippen LogP contribution in [0.5, 0.6) is 0 Å². The Bertz CT molecular complexity index is 531. The molecule has 0 bridgehead atoms. The number of hydrogen-bond donors (Lipinski definition) is 0. The summed E-state index contributed by atoms with van der Waals surface area (Å²) < 4.78 is 2.36. The van der Waals surface area contributed by atoms with Gasteiger partial charge in [-0.15, -0.1) is 11.6 Å². The highest BCUT2D eigenvalue weighted by atomic mass is 35.5. The van der Waals surface area contributed by atoms with Gasteiger partial charge in [-0.1, -0.05) is 32.4 Å². The SMILES string of the molecule is CCC(C)Cn1c(CCCl)nc2cccc(C)c21. The molecule has 0 fully saturated rings. The summed E-state index contributed by atoms with van der Waals surface area (Å²) >= 11 is 5.89. The molecule has 0 amide bonds. The number of fused-ring (bicyclic) bond motifs is 1. The van der Waals surface area contributed by atoms with E-state index in [1.54, 1.807) is 0 Å². The van der Waals surface area contributed by atoms with Crippen LogP contribution < -0.4 is 0 Å². The molecule has 1 atom stereocenters. The highest BCUT2D eigenvalue weighted by molar-refractivity contribution is 6.17. The average molecular weight is 265 g/mol. The van der Waals surface area contributed by atoms with Crippen LogP contribution in [-0.4, -0.2) is 15.4 Å². The number of aryl methyl sites for hydroxylation is 2. The number of imidazole rings is 1. The Morgan fingerprint density at radius 1 is 1.39 bits per heavy atom. The van der Waals surface area contributed by atoms with Crippen LogP contribution in [-0.2, 0) is 13.0 Å². The van der Waals surface area contributed by atoms with Crippen LogP contribution in [0.15, 0.2) is 18.2 Å². The van der Waals surface area contributed by atoms with Gasteiger partial charge in [-0.2, -0.15) is 0 Å². The predicted molar refractivity (Wildman–Crippen MR) is 78.3 cm³/mol. The average Bonchev–Trinajstić information content (AvgIpc) is 2.69. The van der Waals surface area contributed by atoms with Crippen LogP contribution in [0, 0.1) is 12.8 Å². The Kier molecular flexibility index (Phi) is 4.28. The third kappa shape index (κ3) is 2.54. The zero-order valence-corrected chi connectivity index (χ0v) is 12.2. The third-order valence-electron chi connectivity index (χ3n) is 3.56. The lowest BCUT2D eigenvalue weighted by atomic mass is 10.1. The van der Waals surface area contributed by atoms with Crippen molar-refractivity contribution in [3.8, 4) is 0 Å². The van der Waals surface area contributed by atoms with Gasteiger partial charge in [0.2, 0.25) is 0 Å². The number of para-hydroxylation sites is 1. The molecule has 0 saturated heterocycles. The van der Waals surface area contributed by atoms with E-state index in [0.717, 1.165) is 24.3 Å². The Morgan fingerprint density at radius 2 is 2.17 bits per heavy atom. The summed E-state index contributed by atoms with van der Waals surface area (Å²) in [5, 5.41) is 0. The van der Waals surface area contributed by atoms with Gasteiger partial charge in [-0.25, -0.2) is 4.98 Å². The zero-order chi connectivity index (χ0) is 13.1. The lowest BCUT2D eigenvalue weighted by Gasteiger charge is -2.14. The molecule has 0 radical (unpaired) electrons. The van der Waals surface area contributed by atoms with E-state index in [2.05, 4.69) is 43.5 Å². The van der Waals surface area contributed by atoms with Crippen LogP contribution in [0.25, 0.3) is 11.0 Å². The van der Waals surface area contributed by atoms with E-state index in [-0.39, 0.29) is 0 Å². The highest BCUT2D eigenvalue weighted by Crippen LogP contribution is 2.22. The van der Waals surface area contributed by atoms with Crippen molar-refractivity contribution in [2.75, 3.05) is 5.88 Å². The van der Waals surface area contributed by atoms with Crippen LogP contribution in [0.3, 0.4) is 0 Å². The Labute approximate surface area is 114 Å². The molecule has 0 saturated carbocycles. The molecule has 1 aromatic heterocycles. The summed E-state index contributed by atoms with van der Waals surface area (Å²) in [7, 11) is 0. The minimum Gasteiger partial charge on any atom is -0.327 e. The van der Waals surface area contributed by atoms with Crippen molar-refractivity contribution in [2.45, 2.75) is 40.2 Å². The van der Waals surface area contributed by atoms with Gasteiger partial charge < -0.3 is 4.57 Å². The summed E-state index contributed by atoms with van der Waals surface area (Å²) in [6, 6.07) is 6.32. The van der Waals surface area contributed by atoms with E-state index in [4.69, 9.17) is 16.6 Å². The summed E-state index contributed by atoms with van der Waals surface area (Å²) in [6.45, 7) is 7.71. The third-order valence-corrected chi connectivity index (χ3v) is 3.75. The number of benzene rings is 1. The number of alkyl halides is 1. The molecule has 1 unspecified atom stereocenters. The molecule has 1 aromatic carbocycles. The van der Waals surface area contributed by atoms with Crippen molar-refractivity contribution in [3.05, 3.63) is 29.6 Å². The summed E-state index contributed by atoms with van der Waals surface area (Å²) in [5.41, 5.74) is 3.67. The molecule has 0 aliphatic carbocycles. The van der Waals surface area contributed by atoms with Crippen molar-refractivity contribution in [3.63, 3.8) is 0 Å². The minimum atomic E-state index is 0.628. The fraction of sp³-hybridized carbons (Fsp3) is 0.533.